The minimum atomic E-state index is -1.02. The lowest BCUT2D eigenvalue weighted by atomic mass is 9.97. The average molecular weight is 289 g/mol. The van der Waals surface area contributed by atoms with Crippen LogP contribution >= 0.6 is 0 Å². The molecule has 2 fully saturated rings. The Bertz CT molecular complexity index is 537. The van der Waals surface area contributed by atoms with E-state index >= 15 is 0 Å². The number of carboxylic acid groups (broad SMARTS) is 1. The first kappa shape index (κ1) is 13.9. The van der Waals surface area contributed by atoms with Gasteiger partial charge in [-0.1, -0.05) is 6.07 Å². The molecule has 2 saturated carbocycles. The lowest BCUT2D eigenvalue weighted by Gasteiger charge is -2.15. The average Bonchev–Trinajstić information content (AvgIpc) is 3.31. The van der Waals surface area contributed by atoms with Gasteiger partial charge < -0.3 is 15.2 Å². The largest absolute Gasteiger partial charge is 0.482 e. The summed E-state index contributed by atoms with van der Waals surface area (Å²) in [7, 11) is 0. The van der Waals surface area contributed by atoms with E-state index < -0.39 is 5.97 Å². The van der Waals surface area contributed by atoms with Crippen molar-refractivity contribution in [3.05, 3.63) is 24.3 Å². The molecule has 0 heterocycles. The number of carbonyl (C=O) groups is 2. The van der Waals surface area contributed by atoms with E-state index in [9.17, 15) is 9.59 Å². The fourth-order valence-corrected chi connectivity index (χ4v) is 2.76. The van der Waals surface area contributed by atoms with E-state index in [1.807, 2.05) is 0 Å². The van der Waals surface area contributed by atoms with Crippen LogP contribution in [-0.4, -0.2) is 23.6 Å². The van der Waals surface area contributed by atoms with Crippen LogP contribution in [0.1, 0.15) is 25.7 Å². The molecule has 0 aromatic heterocycles. The highest BCUT2D eigenvalue weighted by atomic mass is 16.5. The maximum absolute atomic E-state index is 12.4. The van der Waals surface area contributed by atoms with E-state index in [2.05, 4.69) is 5.32 Å². The number of aliphatic carboxylic acids is 1. The molecule has 5 heteroatoms. The van der Waals surface area contributed by atoms with Crippen LogP contribution in [0.25, 0.3) is 0 Å². The quantitative estimate of drug-likeness (QED) is 0.808. The van der Waals surface area contributed by atoms with E-state index in [1.165, 1.54) is 0 Å². The Morgan fingerprint density at radius 3 is 2.48 bits per heavy atom. The predicted molar refractivity (Wildman–Crippen MR) is 77.1 cm³/mol. The van der Waals surface area contributed by atoms with Crippen molar-refractivity contribution in [2.45, 2.75) is 25.7 Å². The maximum atomic E-state index is 12.4. The minimum Gasteiger partial charge on any atom is -0.482 e. The van der Waals surface area contributed by atoms with E-state index in [-0.39, 0.29) is 18.4 Å². The summed E-state index contributed by atoms with van der Waals surface area (Å²) in [6.45, 7) is -0.385. The van der Waals surface area contributed by atoms with Gasteiger partial charge in [0, 0.05) is 17.7 Å². The third-order valence-electron chi connectivity index (χ3n) is 4.03. The minimum absolute atomic E-state index is 0.0929. The van der Waals surface area contributed by atoms with Gasteiger partial charge in [-0.25, -0.2) is 4.79 Å². The first-order valence-electron chi connectivity index (χ1n) is 7.39. The SMILES string of the molecule is O=C(O)COc1cccc(NC(=O)C(C2CC2)C2CC2)c1. The van der Waals surface area contributed by atoms with Gasteiger partial charge in [0.2, 0.25) is 5.91 Å². The zero-order chi connectivity index (χ0) is 14.8. The van der Waals surface area contributed by atoms with E-state index in [4.69, 9.17) is 9.84 Å². The first-order valence-corrected chi connectivity index (χ1v) is 7.39. The summed E-state index contributed by atoms with van der Waals surface area (Å²) in [5.74, 6) is 0.786. The zero-order valence-corrected chi connectivity index (χ0v) is 11.7. The van der Waals surface area contributed by atoms with Crippen LogP contribution in [0.2, 0.25) is 0 Å². The number of benzene rings is 1. The van der Waals surface area contributed by atoms with Crippen molar-refractivity contribution in [1.29, 1.82) is 0 Å². The highest BCUT2D eigenvalue weighted by Crippen LogP contribution is 2.49. The lowest BCUT2D eigenvalue weighted by molar-refractivity contribution is -0.139. The number of amides is 1. The van der Waals surface area contributed by atoms with Crippen molar-refractivity contribution in [2.75, 3.05) is 11.9 Å². The standard InChI is InChI=1S/C16H19NO4/c18-14(19)9-21-13-3-1-2-12(8-13)17-16(20)15(10-4-5-10)11-6-7-11/h1-3,8,10-11,15H,4-7,9H2,(H,17,20)(H,18,19). The molecule has 0 bridgehead atoms. The Morgan fingerprint density at radius 2 is 1.90 bits per heavy atom. The Labute approximate surface area is 123 Å². The summed E-state index contributed by atoms with van der Waals surface area (Å²) in [4.78, 5) is 22.9. The van der Waals surface area contributed by atoms with Crippen LogP contribution in [0.4, 0.5) is 5.69 Å². The third-order valence-corrected chi connectivity index (χ3v) is 4.03. The molecule has 0 atom stereocenters. The molecule has 5 nitrogen and oxygen atoms in total. The molecular formula is C16H19NO4. The third kappa shape index (κ3) is 3.74. The monoisotopic (exact) mass is 289 g/mol. The molecule has 0 saturated heterocycles. The number of carbonyl (C=O) groups excluding carboxylic acids is 1. The molecule has 2 aliphatic carbocycles. The van der Waals surface area contributed by atoms with Gasteiger partial charge in [0.25, 0.3) is 0 Å². The number of anilines is 1. The maximum Gasteiger partial charge on any atom is 0.341 e. The number of rotatable bonds is 7. The predicted octanol–water partition coefficient (Wildman–Crippen LogP) is 2.52. The Morgan fingerprint density at radius 1 is 1.24 bits per heavy atom. The topological polar surface area (TPSA) is 75.6 Å². The van der Waals surface area contributed by atoms with Gasteiger partial charge in [-0.2, -0.15) is 0 Å². The van der Waals surface area contributed by atoms with Gasteiger partial charge in [-0.15, -0.1) is 0 Å². The molecule has 2 N–H and O–H groups in total. The van der Waals surface area contributed by atoms with Crippen molar-refractivity contribution in [2.24, 2.45) is 17.8 Å². The van der Waals surface area contributed by atoms with Crippen molar-refractivity contribution in [3.63, 3.8) is 0 Å². The van der Waals surface area contributed by atoms with Crippen molar-refractivity contribution in [3.8, 4) is 5.75 Å². The Hall–Kier alpha value is -2.04. The van der Waals surface area contributed by atoms with E-state index in [1.54, 1.807) is 24.3 Å². The highest BCUT2D eigenvalue weighted by molar-refractivity contribution is 5.93. The molecule has 1 aromatic rings. The van der Waals surface area contributed by atoms with Gasteiger partial charge in [0.15, 0.2) is 6.61 Å². The summed E-state index contributed by atoms with van der Waals surface area (Å²) in [6.07, 6.45) is 4.65. The van der Waals surface area contributed by atoms with Crippen LogP contribution in [0, 0.1) is 17.8 Å². The fraction of sp³-hybridized carbons (Fsp3) is 0.500. The molecule has 0 aliphatic heterocycles. The number of carboxylic acids is 1. The van der Waals surface area contributed by atoms with Gasteiger partial charge in [-0.05, 0) is 49.7 Å². The van der Waals surface area contributed by atoms with Crippen LogP contribution in [-0.2, 0) is 9.59 Å². The van der Waals surface area contributed by atoms with Crippen molar-refractivity contribution >= 4 is 17.6 Å². The molecular weight excluding hydrogens is 270 g/mol. The number of hydrogen-bond donors (Lipinski definition) is 2. The molecule has 1 amide bonds. The summed E-state index contributed by atoms with van der Waals surface area (Å²) in [6, 6.07) is 6.88. The molecule has 0 spiro atoms. The summed E-state index contributed by atoms with van der Waals surface area (Å²) in [5, 5.41) is 11.5. The molecule has 0 radical (unpaired) electrons. The number of hydrogen-bond acceptors (Lipinski definition) is 3. The molecule has 112 valence electrons. The molecule has 3 rings (SSSR count). The van der Waals surface area contributed by atoms with Crippen molar-refractivity contribution in [1.82, 2.24) is 0 Å². The summed E-state index contributed by atoms with van der Waals surface area (Å²) < 4.78 is 5.12. The molecule has 2 aliphatic rings. The second-order valence-electron chi connectivity index (χ2n) is 5.90. The summed E-state index contributed by atoms with van der Waals surface area (Å²) in [5.41, 5.74) is 0.661. The van der Waals surface area contributed by atoms with Gasteiger partial charge in [-0.3, -0.25) is 4.79 Å². The molecule has 21 heavy (non-hydrogen) atoms. The fourth-order valence-electron chi connectivity index (χ4n) is 2.76. The van der Waals surface area contributed by atoms with E-state index in [0.717, 1.165) is 25.7 Å². The van der Waals surface area contributed by atoms with Crippen LogP contribution < -0.4 is 10.1 Å². The summed E-state index contributed by atoms with van der Waals surface area (Å²) >= 11 is 0. The second-order valence-corrected chi connectivity index (χ2v) is 5.90. The van der Waals surface area contributed by atoms with Gasteiger partial charge in [0.1, 0.15) is 5.75 Å². The van der Waals surface area contributed by atoms with Crippen LogP contribution in [0.3, 0.4) is 0 Å². The second kappa shape index (κ2) is 5.76. The smallest absolute Gasteiger partial charge is 0.341 e. The van der Waals surface area contributed by atoms with Crippen LogP contribution in [0.5, 0.6) is 5.75 Å². The normalized spacial score (nSPS) is 17.6. The Balaban J connectivity index is 1.62. The molecule has 0 unspecified atom stereocenters. The first-order chi connectivity index (χ1) is 10.1. The Kier molecular flexibility index (Phi) is 3.82. The van der Waals surface area contributed by atoms with Gasteiger partial charge in [0.05, 0.1) is 0 Å². The lowest BCUT2D eigenvalue weighted by Crippen LogP contribution is -2.26. The highest BCUT2D eigenvalue weighted by Gasteiger charge is 2.45. The number of nitrogens with one attached hydrogen (secondary N) is 1. The number of ether oxygens (including phenoxy) is 1. The van der Waals surface area contributed by atoms with Crippen molar-refractivity contribution < 1.29 is 19.4 Å². The van der Waals surface area contributed by atoms with Gasteiger partial charge >= 0.3 is 5.97 Å². The molecule has 1 aromatic carbocycles. The van der Waals surface area contributed by atoms with Crippen LogP contribution in [0.15, 0.2) is 24.3 Å². The van der Waals surface area contributed by atoms with E-state index in [0.29, 0.717) is 23.3 Å². The zero-order valence-electron chi connectivity index (χ0n) is 11.7.